The van der Waals surface area contributed by atoms with Gasteiger partial charge in [-0.25, -0.2) is 9.13 Å². The summed E-state index contributed by atoms with van der Waals surface area (Å²) in [5, 5.41) is 0. The van der Waals surface area contributed by atoms with Gasteiger partial charge in [0.2, 0.25) is 0 Å². The Morgan fingerprint density at radius 1 is 0.274 bits per heavy atom. The monoisotopic (exact) mass is 1120 g/mol. The maximum absolute atomic E-state index is 2.39. The number of pyridine rings is 2. The molecule has 0 spiro atoms. The molecule has 0 unspecified atom stereocenters. The first kappa shape index (κ1) is 62.5. The lowest BCUT2D eigenvalue weighted by molar-refractivity contribution is -0.697. The Balaban J connectivity index is 0.0000186. The highest BCUT2D eigenvalue weighted by molar-refractivity contribution is 7.99. The zero-order valence-corrected chi connectivity index (χ0v) is 47.1. The molecule has 2 heterocycles. The van der Waals surface area contributed by atoms with Gasteiger partial charge < -0.3 is 48.0 Å². The highest BCUT2D eigenvalue weighted by Crippen LogP contribution is 2.21. The fourth-order valence-electron chi connectivity index (χ4n) is 8.71. The van der Waals surface area contributed by atoms with E-state index >= 15 is 0 Å². The molecule has 0 aliphatic rings. The SMILES string of the molecule is CCCCCCCCCCCCCCCCCC[n+]1ccc(SCCCCCCCCCCSc2cc[n+](CCCCCCCCCCCCCCCCCC)cc2)cc1.[I-].[I-]. The molecule has 0 aliphatic heterocycles. The smallest absolute Gasteiger partial charge is 0.169 e. The van der Waals surface area contributed by atoms with Crippen LogP contribution in [-0.2, 0) is 13.1 Å². The molecule has 6 heteroatoms. The molecule has 0 aromatic carbocycles. The van der Waals surface area contributed by atoms with Crippen molar-refractivity contribution in [3.8, 4) is 0 Å². The molecule has 0 atom stereocenters. The summed E-state index contributed by atoms with van der Waals surface area (Å²) in [7, 11) is 0. The van der Waals surface area contributed by atoms with E-state index in [1.54, 1.807) is 0 Å². The van der Waals surface area contributed by atoms with Gasteiger partial charge in [0.25, 0.3) is 0 Å². The number of halogens is 2. The summed E-state index contributed by atoms with van der Waals surface area (Å²) >= 11 is 4.10. The summed E-state index contributed by atoms with van der Waals surface area (Å²) < 4.78 is 4.79. The Kier molecular flexibility index (Phi) is 51.2. The van der Waals surface area contributed by atoms with E-state index in [9.17, 15) is 0 Å². The number of thioether (sulfide) groups is 2. The summed E-state index contributed by atoms with van der Waals surface area (Å²) in [5.74, 6) is 2.53. The van der Waals surface area contributed by atoms with Crippen LogP contribution in [0.1, 0.15) is 271 Å². The second-order valence-corrected chi connectivity index (χ2v) is 21.0. The van der Waals surface area contributed by atoms with Crippen LogP contribution in [0.4, 0.5) is 0 Å². The van der Waals surface area contributed by atoms with Crippen molar-refractivity contribution in [2.24, 2.45) is 0 Å². The zero-order valence-electron chi connectivity index (χ0n) is 41.2. The molecule has 0 aliphatic carbocycles. The first-order chi connectivity index (χ1) is 29.8. The van der Waals surface area contributed by atoms with Gasteiger partial charge in [-0.15, -0.1) is 23.5 Å². The first-order valence-electron chi connectivity index (χ1n) is 27.1. The lowest BCUT2D eigenvalue weighted by atomic mass is 10.0. The topological polar surface area (TPSA) is 7.76 Å². The third-order valence-corrected chi connectivity index (χ3v) is 15.0. The Hall–Kier alpha value is 0.460. The van der Waals surface area contributed by atoms with Crippen LogP contribution < -0.4 is 57.1 Å². The minimum Gasteiger partial charge on any atom is -1.00 e. The molecular weight excluding hydrogens is 1020 g/mol. The van der Waals surface area contributed by atoms with E-state index in [-0.39, 0.29) is 48.0 Å². The third kappa shape index (κ3) is 41.9. The molecule has 62 heavy (non-hydrogen) atoms. The minimum atomic E-state index is 0. The van der Waals surface area contributed by atoms with E-state index in [1.807, 2.05) is 23.5 Å². The van der Waals surface area contributed by atoms with E-state index in [0.717, 1.165) is 0 Å². The van der Waals surface area contributed by atoms with Crippen LogP contribution in [-0.4, -0.2) is 11.5 Å². The molecule has 0 saturated carbocycles. The number of hydrogen-bond acceptors (Lipinski definition) is 2. The van der Waals surface area contributed by atoms with E-state index in [4.69, 9.17) is 0 Å². The van der Waals surface area contributed by atoms with Gasteiger partial charge in [-0.2, -0.15) is 0 Å². The average molecular weight is 1120 g/mol. The summed E-state index contributed by atoms with van der Waals surface area (Å²) in [5.41, 5.74) is 0. The molecule has 2 rings (SSSR count). The Labute approximate surface area is 431 Å². The standard InChI is InChI=1S/C56H102N2S2.2HI/c1-3-5-7-9-11-13-15-17-19-21-23-25-27-31-35-39-47-57-49-43-55(44-50-57)59-53-41-37-33-29-30-34-38-42-54-60-56-45-51-58(52-46-56)48-40-36-32-28-26-24-22-20-18-16-14-12-10-8-6-4-2;;/h43-46,49-52H,3-42,47-48,53-54H2,1-2H3;2*1H/q+2;;/p-2. The highest BCUT2D eigenvalue weighted by atomic mass is 127. The predicted molar refractivity (Wildman–Crippen MR) is 271 cm³/mol. The Morgan fingerprint density at radius 3 is 0.694 bits per heavy atom. The maximum atomic E-state index is 2.39. The Bertz CT molecular complexity index is 1040. The van der Waals surface area contributed by atoms with Gasteiger partial charge in [0.15, 0.2) is 24.8 Å². The quantitative estimate of drug-likeness (QED) is 0.0282. The molecule has 0 N–H and O–H groups in total. The molecule has 0 amide bonds. The third-order valence-electron chi connectivity index (χ3n) is 12.8. The number of nitrogens with zero attached hydrogens (tertiary/aromatic N) is 2. The van der Waals surface area contributed by atoms with Crippen LogP contribution in [0.3, 0.4) is 0 Å². The van der Waals surface area contributed by atoms with Gasteiger partial charge in [-0.3, -0.25) is 0 Å². The van der Waals surface area contributed by atoms with Crippen molar-refractivity contribution in [3.63, 3.8) is 0 Å². The second-order valence-electron chi connectivity index (χ2n) is 18.7. The van der Waals surface area contributed by atoms with Gasteiger partial charge in [0, 0.05) is 46.9 Å². The normalized spacial score (nSPS) is 11.2. The number of aromatic nitrogens is 2. The first-order valence-corrected chi connectivity index (χ1v) is 29.0. The largest absolute Gasteiger partial charge is 1.00 e. The van der Waals surface area contributed by atoms with Crippen molar-refractivity contribution >= 4 is 23.5 Å². The van der Waals surface area contributed by atoms with Gasteiger partial charge in [0.05, 0.1) is 0 Å². The fraction of sp³-hybridized carbons (Fsp3) is 0.821. The van der Waals surface area contributed by atoms with Crippen molar-refractivity contribution in [2.75, 3.05) is 11.5 Å². The van der Waals surface area contributed by atoms with Crippen LogP contribution in [0.15, 0.2) is 58.8 Å². The van der Waals surface area contributed by atoms with E-state index in [2.05, 4.69) is 72.0 Å². The molecule has 2 aromatic heterocycles. The zero-order chi connectivity index (χ0) is 42.5. The Morgan fingerprint density at radius 2 is 0.468 bits per heavy atom. The summed E-state index contributed by atoms with van der Waals surface area (Å²) in [6.45, 7) is 6.97. The van der Waals surface area contributed by atoms with Crippen molar-refractivity contribution < 1.29 is 57.1 Å². The lowest BCUT2D eigenvalue weighted by Crippen LogP contribution is -3.00. The van der Waals surface area contributed by atoms with Crippen LogP contribution >= 0.6 is 23.5 Å². The van der Waals surface area contributed by atoms with Crippen molar-refractivity contribution in [3.05, 3.63) is 49.1 Å². The molecule has 0 fully saturated rings. The maximum Gasteiger partial charge on any atom is 0.169 e. The van der Waals surface area contributed by atoms with Gasteiger partial charge in [-0.05, 0) is 37.2 Å². The second kappa shape index (κ2) is 50.9. The van der Waals surface area contributed by atoms with Crippen molar-refractivity contribution in [1.29, 1.82) is 0 Å². The predicted octanol–water partition coefficient (Wildman–Crippen LogP) is 12.8. The van der Waals surface area contributed by atoms with Crippen molar-refractivity contribution in [2.45, 2.75) is 294 Å². The summed E-state index contributed by atoms with van der Waals surface area (Å²) in [4.78, 5) is 2.88. The molecule has 2 nitrogen and oxygen atoms in total. The van der Waals surface area contributed by atoms with Gasteiger partial charge >= 0.3 is 0 Å². The summed E-state index contributed by atoms with van der Waals surface area (Å²) in [6.07, 6.45) is 66.4. The highest BCUT2D eigenvalue weighted by Gasteiger charge is 2.05. The molecule has 2 aromatic rings. The van der Waals surface area contributed by atoms with Crippen LogP contribution in [0, 0.1) is 0 Å². The average Bonchev–Trinajstić information content (AvgIpc) is 3.27. The number of unbranched alkanes of at least 4 members (excludes halogenated alkanes) is 37. The molecule has 0 saturated heterocycles. The van der Waals surface area contributed by atoms with Gasteiger partial charge in [0.1, 0.15) is 13.1 Å². The lowest BCUT2D eigenvalue weighted by Gasteiger charge is -2.04. The molecular formula is C56H102I2N2S2. The fourth-order valence-corrected chi connectivity index (χ4v) is 10.5. The molecule has 0 radical (unpaired) electrons. The number of hydrogen-bond donors (Lipinski definition) is 0. The summed E-state index contributed by atoms with van der Waals surface area (Å²) in [6, 6.07) is 9.36. The minimum absolute atomic E-state index is 0. The van der Waals surface area contributed by atoms with Crippen LogP contribution in [0.2, 0.25) is 0 Å². The number of rotatable bonds is 47. The van der Waals surface area contributed by atoms with E-state index < -0.39 is 0 Å². The van der Waals surface area contributed by atoms with Gasteiger partial charge in [-0.1, -0.05) is 232 Å². The molecule has 0 bridgehead atoms. The van der Waals surface area contributed by atoms with Crippen molar-refractivity contribution in [1.82, 2.24) is 0 Å². The van der Waals surface area contributed by atoms with E-state index in [0.29, 0.717) is 0 Å². The van der Waals surface area contributed by atoms with Crippen LogP contribution in [0.25, 0.3) is 0 Å². The molecule has 362 valence electrons. The van der Waals surface area contributed by atoms with Crippen LogP contribution in [0.5, 0.6) is 0 Å². The van der Waals surface area contributed by atoms with E-state index in [1.165, 1.54) is 291 Å². The number of aryl methyl sites for hydroxylation is 2.